The Hall–Kier alpha value is -3.35. The zero-order valence-corrected chi connectivity index (χ0v) is 26.1. The molecule has 3 aromatic rings. The van der Waals surface area contributed by atoms with Crippen molar-refractivity contribution in [2.24, 2.45) is 0 Å². The van der Waals surface area contributed by atoms with Crippen LogP contribution in [0.3, 0.4) is 0 Å². The van der Waals surface area contributed by atoms with E-state index < -0.39 is 26.8 Å². The highest BCUT2D eigenvalue weighted by molar-refractivity contribution is 6.76. The number of nitrogens with zero attached hydrogens (tertiary/aromatic N) is 5. The number of rotatable bonds is 7. The van der Waals surface area contributed by atoms with Crippen LogP contribution >= 0.6 is 11.6 Å². The van der Waals surface area contributed by atoms with Crippen LogP contribution in [0, 0.1) is 5.82 Å². The van der Waals surface area contributed by atoms with Gasteiger partial charge in [0.05, 0.1) is 17.0 Å². The number of nitrogens with one attached hydrogen (secondary N) is 2. The van der Waals surface area contributed by atoms with Gasteiger partial charge in [-0.3, -0.25) is 9.59 Å². The van der Waals surface area contributed by atoms with Gasteiger partial charge in [0, 0.05) is 68.1 Å². The van der Waals surface area contributed by atoms with Crippen LogP contribution in [0.4, 0.5) is 16.0 Å². The molecule has 10 nitrogen and oxygen atoms in total. The standard InChI is InChI=1S/C30H35ClFN7O3Si/c1-38-10-7-18-21(28(38)41)25(37-29(31)35-18)36-26-22(32)19-16(13-33-26)5-6-17-20-24(30(8-9-30)14-34-27(20)40)39(23(17)19)15-42-11-12-43(2,3)4/h13H,5-12,14-15H2,1-4H3,(H,34,40)(H,33,35,36,37)/i1D3. The molecular weight excluding hydrogens is 589 g/mol. The minimum absolute atomic E-state index is 0.0694. The number of hydrogen-bond acceptors (Lipinski definition) is 7. The van der Waals surface area contributed by atoms with Crippen molar-refractivity contribution < 1.29 is 22.8 Å². The van der Waals surface area contributed by atoms with Gasteiger partial charge in [0.25, 0.3) is 11.8 Å². The molecule has 2 aliphatic carbocycles. The van der Waals surface area contributed by atoms with Gasteiger partial charge in [0.15, 0.2) is 11.6 Å². The van der Waals surface area contributed by atoms with Crippen LogP contribution in [0.25, 0.3) is 11.3 Å². The summed E-state index contributed by atoms with van der Waals surface area (Å²) >= 11 is 6.19. The van der Waals surface area contributed by atoms with E-state index in [4.69, 9.17) is 20.5 Å². The van der Waals surface area contributed by atoms with Crippen molar-refractivity contribution in [2.45, 2.75) is 69.9 Å². The molecule has 1 spiro atoms. The maximum absolute atomic E-state index is 16.9. The molecule has 3 aromatic heterocycles. The Bertz CT molecular complexity index is 1810. The molecule has 2 N–H and O–H groups in total. The van der Waals surface area contributed by atoms with Crippen molar-refractivity contribution in [3.63, 3.8) is 0 Å². The lowest BCUT2D eigenvalue weighted by Gasteiger charge is -2.27. The molecule has 226 valence electrons. The van der Waals surface area contributed by atoms with Crippen molar-refractivity contribution in [2.75, 3.05) is 32.0 Å². The monoisotopic (exact) mass is 626 g/mol. The lowest BCUT2D eigenvalue weighted by molar-refractivity contribution is 0.0779. The normalized spacial score (nSPS) is 19.5. The van der Waals surface area contributed by atoms with Gasteiger partial charge in [-0.2, -0.15) is 4.98 Å². The van der Waals surface area contributed by atoms with Crippen molar-refractivity contribution in [1.82, 2.24) is 29.7 Å². The van der Waals surface area contributed by atoms with Gasteiger partial charge in [-0.15, -0.1) is 0 Å². The number of hydrogen-bond donors (Lipinski definition) is 2. The first-order valence-corrected chi connectivity index (χ1v) is 18.7. The zero-order valence-electron chi connectivity index (χ0n) is 27.4. The summed E-state index contributed by atoms with van der Waals surface area (Å²) in [4.78, 5) is 40.1. The van der Waals surface area contributed by atoms with E-state index in [-0.39, 0.29) is 59.2 Å². The molecule has 0 bridgehead atoms. The Morgan fingerprint density at radius 2 is 1.98 bits per heavy atom. The van der Waals surface area contributed by atoms with E-state index in [2.05, 4.69) is 45.2 Å². The van der Waals surface area contributed by atoms with Gasteiger partial charge in [-0.1, -0.05) is 19.6 Å². The van der Waals surface area contributed by atoms with Gasteiger partial charge in [-0.05, 0) is 54.5 Å². The van der Waals surface area contributed by atoms with Crippen molar-refractivity contribution >= 4 is 43.1 Å². The Morgan fingerprint density at radius 1 is 1.16 bits per heavy atom. The SMILES string of the molecule is [2H]C([2H])([2H])N1CCc2nc(Cl)nc(Nc3ncc4c(c3F)-c3c(c5c(n3COCC[Si](C)(C)C)C3(CC3)CNC5=O)CC4)c2C1=O. The largest absolute Gasteiger partial charge is 0.361 e. The molecule has 1 saturated carbocycles. The van der Waals surface area contributed by atoms with Crippen LogP contribution < -0.4 is 10.6 Å². The smallest absolute Gasteiger partial charge is 0.259 e. The maximum Gasteiger partial charge on any atom is 0.259 e. The fraction of sp³-hybridized carbons (Fsp3) is 0.500. The summed E-state index contributed by atoms with van der Waals surface area (Å²) in [6, 6.07) is 0.969. The first-order valence-electron chi connectivity index (χ1n) is 16.1. The molecule has 4 aliphatic rings. The number of anilines is 2. The fourth-order valence-electron chi connectivity index (χ4n) is 6.50. The number of halogens is 2. The summed E-state index contributed by atoms with van der Waals surface area (Å²) < 4.78 is 48.5. The summed E-state index contributed by atoms with van der Waals surface area (Å²) in [5.41, 5.74) is 3.93. The molecular formula is C30H35ClFN7O3Si. The average molecular weight is 627 g/mol. The number of carbonyl (C=O) groups excluding carboxylic acids is 2. The molecule has 0 aromatic carbocycles. The van der Waals surface area contributed by atoms with Gasteiger partial charge in [-0.25, -0.2) is 14.4 Å². The number of pyridine rings is 1. The second-order valence-corrected chi connectivity index (χ2v) is 19.1. The van der Waals surface area contributed by atoms with E-state index in [9.17, 15) is 9.59 Å². The van der Waals surface area contributed by atoms with E-state index >= 15 is 4.39 Å². The summed E-state index contributed by atoms with van der Waals surface area (Å²) in [7, 11) is -1.36. The highest BCUT2D eigenvalue weighted by atomic mass is 35.5. The Labute approximate surface area is 259 Å². The molecule has 0 saturated heterocycles. The number of amides is 2. The van der Waals surface area contributed by atoms with E-state index in [1.54, 1.807) is 6.20 Å². The van der Waals surface area contributed by atoms with Gasteiger partial charge in [0.1, 0.15) is 18.1 Å². The second kappa shape index (κ2) is 10.1. The third-order valence-electron chi connectivity index (χ3n) is 8.96. The molecule has 43 heavy (non-hydrogen) atoms. The number of aryl methyl sites for hydroxylation is 1. The third-order valence-corrected chi connectivity index (χ3v) is 10.8. The molecule has 0 atom stereocenters. The first-order chi connectivity index (χ1) is 21.7. The second-order valence-electron chi connectivity index (χ2n) is 13.1. The summed E-state index contributed by atoms with van der Waals surface area (Å²) in [5.74, 6) is -1.98. The van der Waals surface area contributed by atoms with E-state index in [0.717, 1.165) is 35.0 Å². The number of fused-ring (bicyclic) bond motifs is 7. The predicted octanol–water partition coefficient (Wildman–Crippen LogP) is 4.69. The number of likely N-dealkylation sites (N-methyl/N-ethyl adjacent to an activating group) is 1. The number of carbonyl (C=O) groups is 2. The lowest BCUT2D eigenvalue weighted by atomic mass is 9.86. The van der Waals surface area contributed by atoms with Gasteiger partial charge >= 0.3 is 0 Å². The van der Waals surface area contributed by atoms with E-state index in [1.807, 2.05) is 4.57 Å². The minimum atomic E-state index is -2.68. The van der Waals surface area contributed by atoms with Crippen molar-refractivity contribution in [3.05, 3.63) is 50.9 Å². The van der Waals surface area contributed by atoms with Gasteiger partial charge in [0.2, 0.25) is 5.28 Å². The predicted molar refractivity (Wildman–Crippen MR) is 163 cm³/mol. The average Bonchev–Trinajstić information content (AvgIpc) is 3.66. The number of ether oxygens (including phenoxy) is 1. The zero-order chi connectivity index (χ0) is 32.8. The summed E-state index contributed by atoms with van der Waals surface area (Å²) in [6.45, 7) is 5.39. The van der Waals surface area contributed by atoms with Crippen LogP contribution in [0.15, 0.2) is 6.20 Å². The molecule has 5 heterocycles. The Morgan fingerprint density at radius 3 is 2.72 bits per heavy atom. The van der Waals surface area contributed by atoms with Crippen molar-refractivity contribution in [3.8, 4) is 11.3 Å². The molecule has 2 aliphatic heterocycles. The molecule has 0 unspecified atom stereocenters. The van der Waals surface area contributed by atoms with Crippen LogP contribution in [0.1, 0.15) is 60.2 Å². The quantitative estimate of drug-likeness (QED) is 0.222. The van der Waals surface area contributed by atoms with Crippen molar-refractivity contribution in [1.29, 1.82) is 0 Å². The maximum atomic E-state index is 16.9. The molecule has 1 fully saturated rings. The third kappa shape index (κ3) is 4.74. The Kier molecular flexibility index (Phi) is 5.88. The van der Waals surface area contributed by atoms with E-state index in [0.29, 0.717) is 48.4 Å². The molecule has 7 rings (SSSR count). The molecule has 2 amide bonds. The minimum Gasteiger partial charge on any atom is -0.361 e. The van der Waals surface area contributed by atoms with Crippen LogP contribution in [0.5, 0.6) is 0 Å². The molecule has 13 heteroatoms. The first kappa shape index (κ1) is 25.0. The number of aromatic nitrogens is 4. The van der Waals surface area contributed by atoms with Crippen LogP contribution in [-0.4, -0.2) is 71.0 Å². The summed E-state index contributed by atoms with van der Waals surface area (Å²) in [5, 5.41) is 5.74. The van der Waals surface area contributed by atoms with Gasteiger partial charge < -0.3 is 24.8 Å². The van der Waals surface area contributed by atoms with E-state index in [1.165, 1.54) is 0 Å². The highest BCUT2D eigenvalue weighted by Crippen LogP contribution is 2.54. The van der Waals surface area contributed by atoms with Crippen LogP contribution in [-0.2, 0) is 36.1 Å². The van der Waals surface area contributed by atoms with Crippen LogP contribution in [0.2, 0.25) is 31.0 Å². The molecule has 0 radical (unpaired) electrons. The fourth-order valence-corrected chi connectivity index (χ4v) is 7.44. The Balaban J connectivity index is 1.33. The topological polar surface area (TPSA) is 114 Å². The summed E-state index contributed by atoms with van der Waals surface area (Å²) in [6.07, 6.45) is 4.62. The lowest BCUT2D eigenvalue weighted by Crippen LogP contribution is -2.40. The highest BCUT2D eigenvalue weighted by Gasteiger charge is 2.53.